The van der Waals surface area contributed by atoms with Crippen LogP contribution in [-0.4, -0.2) is 25.4 Å². The molecule has 0 radical (unpaired) electrons. The van der Waals surface area contributed by atoms with Crippen LogP contribution in [0.15, 0.2) is 18.7 Å². The maximum absolute atomic E-state index is 11.2. The first-order valence-corrected chi connectivity index (χ1v) is 4.81. The Morgan fingerprint density at radius 1 is 1.47 bits per heavy atom. The fourth-order valence-electron chi connectivity index (χ4n) is 1.78. The molecule has 1 saturated carbocycles. The zero-order valence-electron chi connectivity index (χ0n) is 7.92. The van der Waals surface area contributed by atoms with Gasteiger partial charge in [0.25, 0.3) is 0 Å². The molecule has 0 aromatic carbocycles. The summed E-state index contributed by atoms with van der Waals surface area (Å²) in [4.78, 5) is 19.3. The van der Waals surface area contributed by atoms with Gasteiger partial charge in [0.1, 0.15) is 0 Å². The lowest BCUT2D eigenvalue weighted by atomic mass is 10.2. The zero-order chi connectivity index (χ0) is 10.4. The highest BCUT2D eigenvalue weighted by Crippen LogP contribution is 2.40. The molecule has 0 spiro atoms. The lowest BCUT2D eigenvalue weighted by Crippen LogP contribution is -2.10. The van der Waals surface area contributed by atoms with E-state index in [1.807, 2.05) is 0 Å². The summed E-state index contributed by atoms with van der Waals surface area (Å²) in [6, 6.07) is 0. The van der Waals surface area contributed by atoms with Crippen LogP contribution in [0.4, 0.5) is 0 Å². The summed E-state index contributed by atoms with van der Waals surface area (Å²) in [6.45, 7) is 0. The van der Waals surface area contributed by atoms with E-state index >= 15 is 0 Å². The third-order valence-corrected chi connectivity index (χ3v) is 2.65. The van der Waals surface area contributed by atoms with Crippen LogP contribution < -0.4 is 0 Å². The van der Waals surface area contributed by atoms with Crippen LogP contribution in [0.1, 0.15) is 34.9 Å². The van der Waals surface area contributed by atoms with E-state index in [1.54, 1.807) is 16.8 Å². The van der Waals surface area contributed by atoms with Gasteiger partial charge in [-0.15, -0.1) is 0 Å². The van der Waals surface area contributed by atoms with Gasteiger partial charge in [0.05, 0.1) is 29.9 Å². The Labute approximate surface area is 85.4 Å². The summed E-state index contributed by atoms with van der Waals surface area (Å²) in [5, 5.41) is 9.17. The first kappa shape index (κ1) is 8.40. The number of hydrogen-bond donors (Lipinski definition) is 1. The zero-order valence-corrected chi connectivity index (χ0v) is 7.92. The summed E-state index contributed by atoms with van der Waals surface area (Å²) in [5.74, 6) is -0.615. The number of nitrogens with zero attached hydrogens (tertiary/aromatic N) is 3. The van der Waals surface area contributed by atoms with Crippen LogP contribution in [0.5, 0.6) is 0 Å². The summed E-state index contributed by atoms with van der Waals surface area (Å²) >= 11 is 0. The molecule has 2 aromatic heterocycles. The van der Waals surface area contributed by atoms with Gasteiger partial charge in [-0.25, -0.2) is 9.78 Å². The first-order chi connectivity index (χ1) is 7.27. The molecular formula is C10H9N3O2. The minimum absolute atomic E-state index is 0.257. The van der Waals surface area contributed by atoms with Crippen molar-refractivity contribution in [3.8, 4) is 0 Å². The van der Waals surface area contributed by atoms with Crippen molar-refractivity contribution < 1.29 is 9.90 Å². The van der Waals surface area contributed by atoms with Gasteiger partial charge in [-0.3, -0.25) is 9.38 Å². The van der Waals surface area contributed by atoms with Crippen molar-refractivity contribution in [2.75, 3.05) is 0 Å². The highest BCUT2D eigenvalue weighted by Gasteiger charge is 2.31. The molecule has 1 aliphatic carbocycles. The molecule has 5 nitrogen and oxygen atoms in total. The molecule has 5 heteroatoms. The smallest absolute Gasteiger partial charge is 0.354 e. The van der Waals surface area contributed by atoms with Gasteiger partial charge in [0, 0.05) is 5.92 Å². The minimum atomic E-state index is -0.937. The Morgan fingerprint density at radius 3 is 2.93 bits per heavy atom. The van der Waals surface area contributed by atoms with E-state index in [9.17, 15) is 9.90 Å². The van der Waals surface area contributed by atoms with Crippen LogP contribution in [0.25, 0.3) is 5.52 Å². The van der Waals surface area contributed by atoms with Crippen LogP contribution >= 0.6 is 0 Å². The van der Waals surface area contributed by atoms with Crippen molar-refractivity contribution >= 4 is 11.5 Å². The molecule has 0 bridgehead atoms. The van der Waals surface area contributed by atoms with Gasteiger partial charge in [-0.1, -0.05) is 0 Å². The predicted octanol–water partition coefficient (Wildman–Crippen LogP) is 1.30. The van der Waals surface area contributed by atoms with Gasteiger partial charge in [0.2, 0.25) is 0 Å². The van der Waals surface area contributed by atoms with Crippen molar-refractivity contribution in [3.63, 3.8) is 0 Å². The molecule has 1 aliphatic rings. The summed E-state index contributed by atoms with van der Waals surface area (Å²) in [7, 11) is 0. The van der Waals surface area contributed by atoms with Gasteiger partial charge in [-0.2, -0.15) is 0 Å². The standard InChI is InChI=1S/C10H9N3O2/c14-10(15)9-8(6-1-2-6)12-4-7-3-11-5-13(7)9/h3-6H,1-2H2,(H,14,15). The van der Waals surface area contributed by atoms with E-state index in [0.29, 0.717) is 11.6 Å². The molecule has 0 unspecified atom stereocenters. The van der Waals surface area contributed by atoms with Gasteiger partial charge < -0.3 is 5.11 Å². The number of carbonyl (C=O) groups is 1. The summed E-state index contributed by atoms with van der Waals surface area (Å²) in [5.41, 5.74) is 1.66. The number of rotatable bonds is 2. The molecule has 0 amide bonds. The molecule has 76 valence electrons. The molecule has 2 heterocycles. The number of carboxylic acid groups (broad SMARTS) is 1. The molecular weight excluding hydrogens is 194 g/mol. The van der Waals surface area contributed by atoms with E-state index in [2.05, 4.69) is 9.97 Å². The van der Waals surface area contributed by atoms with E-state index in [-0.39, 0.29) is 5.69 Å². The van der Waals surface area contributed by atoms with Crippen molar-refractivity contribution in [2.24, 2.45) is 0 Å². The number of aromatic carboxylic acids is 1. The Hall–Kier alpha value is -1.91. The van der Waals surface area contributed by atoms with E-state index < -0.39 is 5.97 Å². The summed E-state index contributed by atoms with van der Waals surface area (Å²) < 4.78 is 1.59. The van der Waals surface area contributed by atoms with E-state index in [1.165, 1.54) is 6.33 Å². The third-order valence-electron chi connectivity index (χ3n) is 2.65. The second-order valence-corrected chi connectivity index (χ2v) is 3.76. The van der Waals surface area contributed by atoms with E-state index in [0.717, 1.165) is 18.4 Å². The van der Waals surface area contributed by atoms with Crippen LogP contribution in [0.2, 0.25) is 0 Å². The summed E-state index contributed by atoms with van der Waals surface area (Å²) in [6.07, 6.45) is 6.87. The molecule has 0 saturated heterocycles. The number of carboxylic acids is 1. The minimum Gasteiger partial charge on any atom is -0.477 e. The van der Waals surface area contributed by atoms with Gasteiger partial charge in [-0.05, 0) is 12.8 Å². The van der Waals surface area contributed by atoms with Crippen molar-refractivity contribution in [2.45, 2.75) is 18.8 Å². The highest BCUT2D eigenvalue weighted by molar-refractivity contribution is 5.88. The average Bonchev–Trinajstić information content (AvgIpc) is 2.94. The number of imidazole rings is 1. The van der Waals surface area contributed by atoms with Crippen LogP contribution in [0, 0.1) is 0 Å². The van der Waals surface area contributed by atoms with Crippen molar-refractivity contribution in [1.29, 1.82) is 0 Å². The Balaban J connectivity index is 2.33. The second-order valence-electron chi connectivity index (χ2n) is 3.76. The Morgan fingerprint density at radius 2 is 2.27 bits per heavy atom. The highest BCUT2D eigenvalue weighted by atomic mass is 16.4. The lowest BCUT2D eigenvalue weighted by Gasteiger charge is -2.05. The first-order valence-electron chi connectivity index (χ1n) is 4.81. The van der Waals surface area contributed by atoms with Crippen LogP contribution in [-0.2, 0) is 0 Å². The molecule has 0 aliphatic heterocycles. The molecule has 2 aromatic rings. The molecule has 15 heavy (non-hydrogen) atoms. The van der Waals surface area contributed by atoms with Crippen molar-refractivity contribution in [3.05, 3.63) is 30.1 Å². The second kappa shape index (κ2) is 2.79. The molecule has 1 N–H and O–H groups in total. The average molecular weight is 203 g/mol. The fraction of sp³-hybridized carbons (Fsp3) is 0.300. The predicted molar refractivity (Wildman–Crippen MR) is 51.9 cm³/mol. The fourth-order valence-corrected chi connectivity index (χ4v) is 1.78. The number of hydrogen-bond acceptors (Lipinski definition) is 3. The normalized spacial score (nSPS) is 15.7. The quantitative estimate of drug-likeness (QED) is 0.798. The van der Waals surface area contributed by atoms with E-state index in [4.69, 9.17) is 0 Å². The van der Waals surface area contributed by atoms with Gasteiger partial charge in [0.15, 0.2) is 5.69 Å². The Bertz CT molecular complexity index is 543. The Kier molecular flexibility index (Phi) is 1.56. The van der Waals surface area contributed by atoms with Crippen LogP contribution in [0.3, 0.4) is 0 Å². The number of aromatic nitrogens is 3. The molecule has 1 fully saturated rings. The SMILES string of the molecule is O=C(O)c1c(C2CC2)ncc2cncn12. The van der Waals surface area contributed by atoms with Crippen molar-refractivity contribution in [1.82, 2.24) is 14.4 Å². The van der Waals surface area contributed by atoms with Gasteiger partial charge >= 0.3 is 5.97 Å². The monoisotopic (exact) mass is 203 g/mol. The lowest BCUT2D eigenvalue weighted by molar-refractivity contribution is 0.0686. The topological polar surface area (TPSA) is 67.5 Å². The third kappa shape index (κ3) is 1.20. The molecule has 0 atom stereocenters. The maximum atomic E-state index is 11.2. The maximum Gasteiger partial charge on any atom is 0.354 e. The molecule has 3 rings (SSSR count). The largest absolute Gasteiger partial charge is 0.477 e. The number of fused-ring (bicyclic) bond motifs is 1.